The number of carbonyl (C=O) groups excluding carboxylic acids is 1. The molecular weight excluding hydrogens is 254 g/mol. The number of nitrogens with two attached hydrogens (primary N) is 1. The second kappa shape index (κ2) is 6.75. The Morgan fingerprint density at radius 3 is 3.00 bits per heavy atom. The number of ether oxygens (including phenoxy) is 1. The summed E-state index contributed by atoms with van der Waals surface area (Å²) in [4.78, 5) is 11.3. The molecule has 1 aliphatic rings. The first-order chi connectivity index (χ1) is 9.63. The molecule has 20 heavy (non-hydrogen) atoms. The van der Waals surface area contributed by atoms with E-state index in [1.54, 1.807) is 6.07 Å². The van der Waals surface area contributed by atoms with E-state index >= 15 is 0 Å². The maximum atomic E-state index is 11.3. The fourth-order valence-corrected chi connectivity index (χ4v) is 3.01. The first-order valence-electron chi connectivity index (χ1n) is 7.35. The van der Waals surface area contributed by atoms with Crippen LogP contribution in [0.4, 0.5) is 0 Å². The van der Waals surface area contributed by atoms with E-state index in [4.69, 9.17) is 10.5 Å². The van der Waals surface area contributed by atoms with Crippen LogP contribution in [-0.4, -0.2) is 23.7 Å². The molecule has 1 aliphatic carbocycles. The van der Waals surface area contributed by atoms with E-state index in [-0.39, 0.29) is 12.0 Å². The van der Waals surface area contributed by atoms with Crippen molar-refractivity contribution in [3.8, 4) is 5.75 Å². The summed E-state index contributed by atoms with van der Waals surface area (Å²) >= 11 is 0. The van der Waals surface area contributed by atoms with Gasteiger partial charge >= 0.3 is 5.97 Å². The summed E-state index contributed by atoms with van der Waals surface area (Å²) < 4.78 is 4.91. The number of esters is 1. The molecule has 4 heteroatoms. The van der Waals surface area contributed by atoms with Crippen LogP contribution in [0.1, 0.15) is 49.7 Å². The average molecular weight is 277 g/mol. The minimum atomic E-state index is -0.124. The lowest BCUT2D eigenvalue weighted by atomic mass is 9.92. The van der Waals surface area contributed by atoms with Crippen molar-refractivity contribution in [2.24, 2.45) is 5.73 Å². The number of aromatic hydroxyl groups is 1. The van der Waals surface area contributed by atoms with Crippen molar-refractivity contribution < 1.29 is 14.6 Å². The molecular formula is C16H23NO3. The molecule has 0 fully saturated rings. The zero-order valence-electron chi connectivity index (χ0n) is 12.0. The fraction of sp³-hybridized carbons (Fsp3) is 0.562. The van der Waals surface area contributed by atoms with Gasteiger partial charge in [0.05, 0.1) is 6.61 Å². The molecule has 0 heterocycles. The number of fused-ring (bicyclic) bond motifs is 1. The lowest BCUT2D eigenvalue weighted by molar-refractivity contribution is -0.143. The normalized spacial score (nSPS) is 20.7. The van der Waals surface area contributed by atoms with Crippen LogP contribution in [0.25, 0.3) is 0 Å². The van der Waals surface area contributed by atoms with Gasteiger partial charge in [0.15, 0.2) is 0 Å². The highest BCUT2D eigenvalue weighted by Crippen LogP contribution is 2.39. The van der Waals surface area contributed by atoms with Gasteiger partial charge in [-0.15, -0.1) is 0 Å². The minimum absolute atomic E-state index is 0.0703. The van der Waals surface area contributed by atoms with E-state index in [0.29, 0.717) is 24.7 Å². The quantitative estimate of drug-likeness (QED) is 0.619. The lowest BCUT2D eigenvalue weighted by Crippen LogP contribution is -2.24. The molecule has 3 N–H and O–H groups in total. The predicted octanol–water partition coefficient (Wildman–Crippen LogP) is 2.48. The summed E-state index contributed by atoms with van der Waals surface area (Å²) in [6, 6.07) is 5.71. The number of phenolic OH excluding ortho intramolecular Hbond substituents is 1. The van der Waals surface area contributed by atoms with Crippen LogP contribution in [0.5, 0.6) is 5.75 Å². The van der Waals surface area contributed by atoms with Crippen LogP contribution in [0, 0.1) is 0 Å². The van der Waals surface area contributed by atoms with Gasteiger partial charge in [0, 0.05) is 12.5 Å². The third kappa shape index (κ3) is 3.31. The number of rotatable bonds is 6. The van der Waals surface area contributed by atoms with E-state index in [2.05, 4.69) is 6.07 Å². The Labute approximate surface area is 119 Å². The fourth-order valence-electron chi connectivity index (χ4n) is 3.01. The van der Waals surface area contributed by atoms with Crippen molar-refractivity contribution in [2.45, 2.75) is 51.0 Å². The summed E-state index contributed by atoms with van der Waals surface area (Å²) in [5.74, 6) is 0.521. The van der Waals surface area contributed by atoms with Crippen LogP contribution in [0.3, 0.4) is 0 Å². The lowest BCUT2D eigenvalue weighted by Gasteiger charge is -2.16. The number of benzene rings is 1. The molecule has 2 atom stereocenters. The first-order valence-corrected chi connectivity index (χ1v) is 7.35. The maximum Gasteiger partial charge on any atom is 0.305 e. The van der Waals surface area contributed by atoms with Crippen LogP contribution >= 0.6 is 0 Å². The molecule has 4 nitrogen and oxygen atoms in total. The molecule has 2 rings (SSSR count). The SMILES string of the molecule is CCOC(=O)CCCCC1c2cccc(O)c2CC1N. The molecule has 0 saturated heterocycles. The van der Waals surface area contributed by atoms with Crippen molar-refractivity contribution in [1.82, 2.24) is 0 Å². The van der Waals surface area contributed by atoms with Gasteiger partial charge in [0.2, 0.25) is 0 Å². The number of phenols is 1. The van der Waals surface area contributed by atoms with Gasteiger partial charge in [-0.05, 0) is 49.3 Å². The van der Waals surface area contributed by atoms with Gasteiger partial charge in [-0.1, -0.05) is 18.6 Å². The summed E-state index contributed by atoms with van der Waals surface area (Å²) in [6.45, 7) is 2.26. The van der Waals surface area contributed by atoms with Crippen molar-refractivity contribution in [3.05, 3.63) is 29.3 Å². The third-order valence-electron chi connectivity index (χ3n) is 4.00. The Morgan fingerprint density at radius 2 is 2.25 bits per heavy atom. The van der Waals surface area contributed by atoms with E-state index in [0.717, 1.165) is 31.2 Å². The number of hydrogen-bond donors (Lipinski definition) is 2. The number of carbonyl (C=O) groups is 1. The minimum Gasteiger partial charge on any atom is -0.508 e. The van der Waals surface area contributed by atoms with Crippen molar-refractivity contribution in [1.29, 1.82) is 0 Å². The second-order valence-electron chi connectivity index (χ2n) is 5.37. The molecule has 0 aliphatic heterocycles. The van der Waals surface area contributed by atoms with Crippen LogP contribution in [0.15, 0.2) is 18.2 Å². The van der Waals surface area contributed by atoms with Gasteiger partial charge in [0.25, 0.3) is 0 Å². The van der Waals surface area contributed by atoms with Gasteiger partial charge < -0.3 is 15.6 Å². The van der Waals surface area contributed by atoms with Crippen LogP contribution in [-0.2, 0) is 16.0 Å². The highest BCUT2D eigenvalue weighted by molar-refractivity contribution is 5.69. The van der Waals surface area contributed by atoms with E-state index < -0.39 is 0 Å². The molecule has 0 amide bonds. The zero-order valence-corrected chi connectivity index (χ0v) is 12.0. The van der Waals surface area contributed by atoms with Gasteiger partial charge in [-0.2, -0.15) is 0 Å². The highest BCUT2D eigenvalue weighted by atomic mass is 16.5. The van der Waals surface area contributed by atoms with Crippen LogP contribution in [0.2, 0.25) is 0 Å². The Bertz CT molecular complexity index is 473. The van der Waals surface area contributed by atoms with Gasteiger partial charge in [-0.25, -0.2) is 0 Å². The predicted molar refractivity (Wildman–Crippen MR) is 77.6 cm³/mol. The molecule has 0 spiro atoms. The topological polar surface area (TPSA) is 72.5 Å². The molecule has 0 saturated carbocycles. The summed E-state index contributed by atoms with van der Waals surface area (Å²) in [7, 11) is 0. The first kappa shape index (κ1) is 14.9. The monoisotopic (exact) mass is 277 g/mol. The van der Waals surface area contributed by atoms with Gasteiger partial charge in [-0.3, -0.25) is 4.79 Å². The summed E-state index contributed by atoms with van der Waals surface area (Å²) in [6.07, 6.45) is 3.95. The molecule has 2 unspecified atom stereocenters. The molecule has 1 aromatic carbocycles. The number of unbranched alkanes of at least 4 members (excludes halogenated alkanes) is 1. The summed E-state index contributed by atoms with van der Waals surface area (Å²) in [5.41, 5.74) is 8.36. The maximum absolute atomic E-state index is 11.3. The third-order valence-corrected chi connectivity index (χ3v) is 4.00. The van der Waals surface area contributed by atoms with E-state index in [1.165, 1.54) is 5.56 Å². The molecule has 0 bridgehead atoms. The average Bonchev–Trinajstić information content (AvgIpc) is 2.73. The van der Waals surface area contributed by atoms with Crippen molar-refractivity contribution in [2.75, 3.05) is 6.61 Å². The van der Waals surface area contributed by atoms with Gasteiger partial charge in [0.1, 0.15) is 5.75 Å². The smallest absolute Gasteiger partial charge is 0.305 e. The molecule has 0 radical (unpaired) electrons. The summed E-state index contributed by atoms with van der Waals surface area (Å²) in [5, 5.41) is 9.85. The largest absolute Gasteiger partial charge is 0.508 e. The Morgan fingerprint density at radius 1 is 1.45 bits per heavy atom. The Kier molecular flexibility index (Phi) is 5.01. The zero-order chi connectivity index (χ0) is 14.5. The number of hydrogen-bond acceptors (Lipinski definition) is 4. The van der Waals surface area contributed by atoms with E-state index in [1.807, 2.05) is 13.0 Å². The standard InChI is InChI=1S/C16H23NO3/c1-2-20-16(19)9-4-3-6-12-11-7-5-8-15(18)13(11)10-14(12)17/h5,7-8,12,14,18H,2-4,6,9-10,17H2,1H3. The molecule has 1 aromatic rings. The second-order valence-corrected chi connectivity index (χ2v) is 5.37. The molecule has 110 valence electrons. The Balaban J connectivity index is 1.85. The molecule has 0 aromatic heterocycles. The highest BCUT2D eigenvalue weighted by Gasteiger charge is 2.30. The Hall–Kier alpha value is -1.55. The van der Waals surface area contributed by atoms with Crippen molar-refractivity contribution >= 4 is 5.97 Å². The van der Waals surface area contributed by atoms with E-state index in [9.17, 15) is 9.90 Å². The van der Waals surface area contributed by atoms with Crippen LogP contribution < -0.4 is 5.73 Å². The van der Waals surface area contributed by atoms with Crippen molar-refractivity contribution in [3.63, 3.8) is 0 Å².